The van der Waals surface area contributed by atoms with E-state index in [1.165, 1.54) is 17.0 Å². The van der Waals surface area contributed by atoms with E-state index < -0.39 is 5.91 Å². The summed E-state index contributed by atoms with van der Waals surface area (Å²) in [5, 5.41) is 17.6. The summed E-state index contributed by atoms with van der Waals surface area (Å²) in [4.78, 5) is 12.7. The second-order valence-corrected chi connectivity index (χ2v) is 3.84. The van der Waals surface area contributed by atoms with Crippen LogP contribution in [0.25, 0.3) is 0 Å². The maximum atomic E-state index is 11.4. The molecule has 0 heterocycles. The van der Waals surface area contributed by atoms with Crippen LogP contribution in [0.4, 0.5) is 11.4 Å². The third-order valence-corrected chi connectivity index (χ3v) is 2.48. The molecule has 1 aromatic carbocycles. The molecule has 7 heteroatoms. The van der Waals surface area contributed by atoms with E-state index in [0.717, 1.165) is 0 Å². The second-order valence-electron chi connectivity index (χ2n) is 3.44. The van der Waals surface area contributed by atoms with Gasteiger partial charge in [0, 0.05) is 5.69 Å². The minimum Gasteiger partial charge on any atom is -0.399 e. The Kier molecular flexibility index (Phi) is 4.36. The third kappa shape index (κ3) is 2.82. The molecular weight excluding hydrogens is 254 g/mol. The van der Waals surface area contributed by atoms with Crippen LogP contribution in [-0.2, 0) is 0 Å². The Morgan fingerprint density at radius 3 is 2.33 bits per heavy atom. The van der Waals surface area contributed by atoms with E-state index in [1.807, 2.05) is 12.1 Å². The van der Waals surface area contributed by atoms with Gasteiger partial charge in [0.25, 0.3) is 5.91 Å². The highest BCUT2D eigenvalue weighted by molar-refractivity contribution is 6.34. The van der Waals surface area contributed by atoms with E-state index >= 15 is 0 Å². The van der Waals surface area contributed by atoms with E-state index in [4.69, 9.17) is 33.6 Å². The highest BCUT2D eigenvalue weighted by Gasteiger charge is 2.19. The van der Waals surface area contributed by atoms with Gasteiger partial charge in [-0.15, -0.1) is 0 Å². The van der Waals surface area contributed by atoms with Crippen LogP contribution in [0.5, 0.6) is 0 Å². The van der Waals surface area contributed by atoms with E-state index in [9.17, 15) is 4.79 Å². The topological polar surface area (TPSA) is 120 Å². The van der Waals surface area contributed by atoms with Gasteiger partial charge in [0.15, 0.2) is 0 Å². The molecule has 0 unspecified atom stereocenters. The molecule has 0 aliphatic heterocycles. The summed E-state index contributed by atoms with van der Waals surface area (Å²) in [6, 6.07) is 6.59. The fraction of sp³-hybridized carbons (Fsp3) is 0.182. The van der Waals surface area contributed by atoms with Gasteiger partial charge in [-0.25, -0.2) is 0 Å². The number of anilines is 2. The number of benzene rings is 1. The third-order valence-electron chi connectivity index (χ3n) is 2.19. The number of hydrogen-bond acceptors (Lipinski definition) is 5. The van der Waals surface area contributed by atoms with Crippen molar-refractivity contribution in [1.82, 2.24) is 0 Å². The molecule has 0 fully saturated rings. The summed E-state index contributed by atoms with van der Waals surface area (Å²) < 4.78 is 0. The monoisotopic (exact) mass is 263 g/mol. The van der Waals surface area contributed by atoms with Gasteiger partial charge in [0.1, 0.15) is 13.1 Å². The molecule has 18 heavy (non-hydrogen) atoms. The molecule has 0 spiro atoms. The Hall–Kier alpha value is -2.44. The average molecular weight is 264 g/mol. The van der Waals surface area contributed by atoms with Gasteiger partial charge in [0.05, 0.1) is 28.4 Å². The van der Waals surface area contributed by atoms with Crippen molar-refractivity contribution in [2.45, 2.75) is 0 Å². The summed E-state index contributed by atoms with van der Waals surface area (Å²) >= 11 is 6.00. The second kappa shape index (κ2) is 5.76. The molecule has 1 rings (SSSR count). The summed E-state index contributed by atoms with van der Waals surface area (Å²) in [5.74, 6) is -0.722. The van der Waals surface area contributed by atoms with Gasteiger partial charge in [-0.05, 0) is 12.1 Å². The van der Waals surface area contributed by atoms with Crippen molar-refractivity contribution in [2.75, 3.05) is 23.7 Å². The Bertz CT molecular complexity index is 542. The normalized spacial score (nSPS) is 9.28. The highest BCUT2D eigenvalue weighted by atomic mass is 35.5. The van der Waals surface area contributed by atoms with E-state index in [2.05, 4.69) is 0 Å². The molecule has 0 saturated heterocycles. The lowest BCUT2D eigenvalue weighted by Crippen LogP contribution is -2.27. The van der Waals surface area contributed by atoms with Crippen LogP contribution >= 0.6 is 11.6 Å². The number of halogens is 1. The number of primary amides is 1. The molecule has 0 saturated carbocycles. The van der Waals surface area contributed by atoms with Gasteiger partial charge in [0.2, 0.25) is 0 Å². The summed E-state index contributed by atoms with van der Waals surface area (Å²) in [5.41, 5.74) is 11.4. The van der Waals surface area contributed by atoms with Gasteiger partial charge in [-0.2, -0.15) is 10.5 Å². The smallest absolute Gasteiger partial charge is 0.250 e. The molecular formula is C11H10ClN5O. The molecule has 0 aliphatic rings. The first kappa shape index (κ1) is 13.6. The predicted octanol–water partition coefficient (Wildman–Crippen LogP) is 0.875. The number of carbonyl (C=O) groups is 1. The number of amides is 1. The van der Waals surface area contributed by atoms with Crippen LogP contribution in [0.2, 0.25) is 5.02 Å². The minimum absolute atomic E-state index is 0.0858. The van der Waals surface area contributed by atoms with Crippen molar-refractivity contribution in [3.05, 3.63) is 22.7 Å². The molecule has 4 N–H and O–H groups in total. The molecule has 0 atom stereocenters. The number of nitriles is 2. The fourth-order valence-electron chi connectivity index (χ4n) is 1.51. The Morgan fingerprint density at radius 1 is 1.33 bits per heavy atom. The Morgan fingerprint density at radius 2 is 1.89 bits per heavy atom. The molecule has 0 aromatic heterocycles. The molecule has 0 aliphatic carbocycles. The van der Waals surface area contributed by atoms with Crippen LogP contribution in [0, 0.1) is 22.7 Å². The zero-order chi connectivity index (χ0) is 13.7. The summed E-state index contributed by atoms with van der Waals surface area (Å²) in [6.45, 7) is -0.172. The Labute approximate surface area is 109 Å². The fourth-order valence-corrected chi connectivity index (χ4v) is 1.86. The van der Waals surface area contributed by atoms with Crippen LogP contribution < -0.4 is 16.4 Å². The molecule has 0 bridgehead atoms. The first-order chi connectivity index (χ1) is 8.51. The largest absolute Gasteiger partial charge is 0.399 e. The summed E-state index contributed by atoms with van der Waals surface area (Å²) in [7, 11) is 0. The van der Waals surface area contributed by atoms with Crippen LogP contribution in [0.1, 0.15) is 10.4 Å². The van der Waals surface area contributed by atoms with Crippen molar-refractivity contribution in [3.63, 3.8) is 0 Å². The van der Waals surface area contributed by atoms with Crippen molar-refractivity contribution < 1.29 is 4.79 Å². The van der Waals surface area contributed by atoms with Crippen LogP contribution in [-0.4, -0.2) is 19.0 Å². The zero-order valence-electron chi connectivity index (χ0n) is 9.35. The van der Waals surface area contributed by atoms with E-state index in [-0.39, 0.29) is 35.1 Å². The predicted molar refractivity (Wildman–Crippen MR) is 67.8 cm³/mol. The first-order valence-corrected chi connectivity index (χ1v) is 5.26. The number of nitrogens with two attached hydrogens (primary N) is 2. The number of nitrogen functional groups attached to an aromatic ring is 1. The van der Waals surface area contributed by atoms with Crippen molar-refractivity contribution >= 4 is 28.9 Å². The maximum Gasteiger partial charge on any atom is 0.250 e. The van der Waals surface area contributed by atoms with Crippen molar-refractivity contribution in [3.8, 4) is 12.1 Å². The Balaban J connectivity index is 3.41. The lowest BCUT2D eigenvalue weighted by Gasteiger charge is -2.22. The standard InChI is InChI=1S/C11H10ClN5O/c12-9-6-7(15)5-8(11(16)18)10(9)17(3-1-13)4-2-14/h5-6H,3-4,15H2,(H2,16,18). The van der Waals surface area contributed by atoms with Crippen LogP contribution in [0.3, 0.4) is 0 Å². The van der Waals surface area contributed by atoms with E-state index in [1.54, 1.807) is 0 Å². The maximum absolute atomic E-state index is 11.4. The molecule has 1 amide bonds. The van der Waals surface area contributed by atoms with Gasteiger partial charge < -0.3 is 16.4 Å². The first-order valence-electron chi connectivity index (χ1n) is 4.89. The van der Waals surface area contributed by atoms with Gasteiger partial charge >= 0.3 is 0 Å². The minimum atomic E-state index is -0.722. The highest BCUT2D eigenvalue weighted by Crippen LogP contribution is 2.32. The van der Waals surface area contributed by atoms with E-state index in [0.29, 0.717) is 0 Å². The van der Waals surface area contributed by atoms with Crippen LogP contribution in [0.15, 0.2) is 12.1 Å². The number of carbonyl (C=O) groups excluding carboxylic acids is 1. The number of nitrogens with zero attached hydrogens (tertiary/aromatic N) is 3. The molecule has 6 nitrogen and oxygen atoms in total. The molecule has 0 radical (unpaired) electrons. The average Bonchev–Trinajstić information content (AvgIpc) is 2.27. The van der Waals surface area contributed by atoms with Crippen molar-refractivity contribution in [1.29, 1.82) is 10.5 Å². The van der Waals surface area contributed by atoms with Gasteiger partial charge in [-0.3, -0.25) is 4.79 Å². The lowest BCUT2D eigenvalue weighted by atomic mass is 10.1. The lowest BCUT2D eigenvalue weighted by molar-refractivity contribution is 0.100. The number of hydrogen-bond donors (Lipinski definition) is 2. The molecule has 1 aromatic rings. The molecule has 92 valence electrons. The van der Waals surface area contributed by atoms with Gasteiger partial charge in [-0.1, -0.05) is 11.6 Å². The number of rotatable bonds is 4. The van der Waals surface area contributed by atoms with Crippen molar-refractivity contribution in [2.24, 2.45) is 5.73 Å². The zero-order valence-corrected chi connectivity index (χ0v) is 10.1. The quantitative estimate of drug-likeness (QED) is 0.617. The summed E-state index contributed by atoms with van der Waals surface area (Å²) in [6.07, 6.45) is 0. The SMILES string of the molecule is N#CCN(CC#N)c1c(Cl)cc(N)cc1C(N)=O.